The van der Waals surface area contributed by atoms with Crippen LogP contribution in [-0.2, 0) is 4.79 Å². The molecule has 0 amide bonds. The molecule has 0 atom stereocenters. The summed E-state index contributed by atoms with van der Waals surface area (Å²) in [4.78, 5) is 33.7. The second kappa shape index (κ2) is 6.47. The van der Waals surface area contributed by atoms with Crippen LogP contribution in [0.15, 0.2) is 48.5 Å². The van der Waals surface area contributed by atoms with Crippen molar-refractivity contribution in [3.05, 3.63) is 59.7 Å². The maximum atomic E-state index is 12.0. The fourth-order valence-electron chi connectivity index (χ4n) is 1.70. The lowest BCUT2D eigenvalue weighted by atomic mass is 10.1. The summed E-state index contributed by atoms with van der Waals surface area (Å²) in [7, 11) is 1.50. The molecule has 0 spiro atoms. The van der Waals surface area contributed by atoms with Crippen molar-refractivity contribution < 1.29 is 23.9 Å². The second-order valence-electron chi connectivity index (χ2n) is 4.13. The van der Waals surface area contributed by atoms with Crippen molar-refractivity contribution in [2.75, 3.05) is 7.11 Å². The Kier molecular flexibility index (Phi) is 4.46. The number of methoxy groups -OCH3 is 1. The molecule has 2 aromatic rings. The topological polar surface area (TPSA) is 69.7 Å². The van der Waals surface area contributed by atoms with E-state index in [-0.39, 0.29) is 17.6 Å². The monoisotopic (exact) mass is 284 g/mol. The van der Waals surface area contributed by atoms with E-state index in [4.69, 9.17) is 9.47 Å². The Labute approximate surface area is 121 Å². The number of carbonyl (C=O) groups excluding carboxylic acids is 3. The summed E-state index contributed by atoms with van der Waals surface area (Å²) in [6.45, 7) is 0. The van der Waals surface area contributed by atoms with Crippen molar-refractivity contribution in [2.24, 2.45) is 0 Å². The van der Waals surface area contributed by atoms with Gasteiger partial charge in [-0.3, -0.25) is 9.59 Å². The van der Waals surface area contributed by atoms with Crippen molar-refractivity contribution in [2.45, 2.75) is 0 Å². The van der Waals surface area contributed by atoms with E-state index < -0.39 is 11.8 Å². The first kappa shape index (κ1) is 14.5. The molecular weight excluding hydrogens is 272 g/mol. The van der Waals surface area contributed by atoms with E-state index in [1.807, 2.05) is 0 Å². The molecular formula is C16H12O5. The van der Waals surface area contributed by atoms with Crippen LogP contribution in [0.2, 0.25) is 0 Å². The first-order valence-corrected chi connectivity index (χ1v) is 6.10. The molecule has 0 aliphatic carbocycles. The van der Waals surface area contributed by atoms with Gasteiger partial charge >= 0.3 is 5.97 Å². The standard InChI is InChI=1S/C16H12O5/c1-20-13-6-3-5-12(9-13)16(19)21-14-7-2-4-11(8-14)15(18)10-17/h2-10H,1H3. The third-order valence-electron chi connectivity index (χ3n) is 2.74. The minimum Gasteiger partial charge on any atom is -0.497 e. The summed E-state index contributed by atoms with van der Waals surface area (Å²) >= 11 is 0. The lowest BCUT2D eigenvalue weighted by molar-refractivity contribution is -0.104. The molecule has 0 aliphatic rings. The van der Waals surface area contributed by atoms with Gasteiger partial charge in [-0.1, -0.05) is 18.2 Å². The van der Waals surface area contributed by atoms with Gasteiger partial charge in [0.2, 0.25) is 5.78 Å². The molecule has 0 aliphatic heterocycles. The van der Waals surface area contributed by atoms with Gasteiger partial charge in [0.1, 0.15) is 11.5 Å². The second-order valence-corrected chi connectivity index (χ2v) is 4.13. The minimum atomic E-state index is -0.672. The summed E-state index contributed by atoms with van der Waals surface area (Å²) in [5.74, 6) is -0.524. The molecule has 21 heavy (non-hydrogen) atoms. The Hall–Kier alpha value is -2.95. The van der Waals surface area contributed by atoms with E-state index in [0.29, 0.717) is 11.3 Å². The summed E-state index contributed by atoms with van der Waals surface area (Å²) < 4.78 is 10.2. The lowest BCUT2D eigenvalue weighted by Gasteiger charge is -2.06. The number of ether oxygens (including phenoxy) is 2. The number of esters is 1. The lowest BCUT2D eigenvalue weighted by Crippen LogP contribution is -2.09. The molecule has 5 heteroatoms. The third-order valence-corrected chi connectivity index (χ3v) is 2.74. The zero-order valence-corrected chi connectivity index (χ0v) is 11.2. The average Bonchev–Trinajstić information content (AvgIpc) is 2.54. The fourth-order valence-corrected chi connectivity index (χ4v) is 1.70. The van der Waals surface area contributed by atoms with E-state index in [1.54, 1.807) is 24.3 Å². The molecule has 0 saturated carbocycles. The summed E-state index contributed by atoms with van der Waals surface area (Å²) in [6.07, 6.45) is 0.211. The molecule has 0 N–H and O–H groups in total. The Morgan fingerprint density at radius 2 is 1.57 bits per heavy atom. The van der Waals surface area contributed by atoms with Gasteiger partial charge in [0.15, 0.2) is 6.29 Å². The van der Waals surface area contributed by atoms with Gasteiger partial charge in [0.05, 0.1) is 12.7 Å². The SMILES string of the molecule is COc1cccc(C(=O)Oc2cccc(C(=O)C=O)c2)c1. The number of carbonyl (C=O) groups is 3. The predicted octanol–water partition coefficient (Wildman–Crippen LogP) is 2.30. The molecule has 0 saturated heterocycles. The molecule has 0 bridgehead atoms. The quantitative estimate of drug-likeness (QED) is 0.277. The third kappa shape index (κ3) is 3.54. The zero-order valence-electron chi connectivity index (χ0n) is 11.2. The van der Waals surface area contributed by atoms with Crippen LogP contribution in [0.1, 0.15) is 20.7 Å². The maximum absolute atomic E-state index is 12.0. The van der Waals surface area contributed by atoms with Gasteiger partial charge in [-0.15, -0.1) is 0 Å². The van der Waals surface area contributed by atoms with E-state index in [9.17, 15) is 14.4 Å². The number of Topliss-reactive ketones (excluding diaryl/α,β-unsaturated/α-hetero) is 1. The van der Waals surface area contributed by atoms with E-state index in [0.717, 1.165) is 0 Å². The zero-order chi connectivity index (χ0) is 15.2. The highest BCUT2D eigenvalue weighted by molar-refractivity contribution is 6.33. The Morgan fingerprint density at radius 3 is 2.24 bits per heavy atom. The molecule has 5 nitrogen and oxygen atoms in total. The molecule has 0 heterocycles. The predicted molar refractivity (Wildman–Crippen MR) is 74.8 cm³/mol. The van der Waals surface area contributed by atoms with Crippen molar-refractivity contribution >= 4 is 18.0 Å². The fraction of sp³-hybridized carbons (Fsp3) is 0.0625. The van der Waals surface area contributed by atoms with Gasteiger partial charge in [-0.05, 0) is 30.3 Å². The van der Waals surface area contributed by atoms with E-state index >= 15 is 0 Å². The Morgan fingerprint density at radius 1 is 0.952 bits per heavy atom. The molecule has 2 rings (SSSR count). The molecule has 0 fully saturated rings. The molecule has 0 aromatic heterocycles. The van der Waals surface area contributed by atoms with Gasteiger partial charge in [0.25, 0.3) is 0 Å². The van der Waals surface area contributed by atoms with Crippen LogP contribution in [0.5, 0.6) is 11.5 Å². The van der Waals surface area contributed by atoms with Crippen LogP contribution < -0.4 is 9.47 Å². The number of hydrogen-bond donors (Lipinski definition) is 0. The number of hydrogen-bond acceptors (Lipinski definition) is 5. The molecule has 0 radical (unpaired) electrons. The van der Waals surface area contributed by atoms with Crippen LogP contribution in [0.3, 0.4) is 0 Å². The van der Waals surface area contributed by atoms with Gasteiger partial charge in [-0.25, -0.2) is 4.79 Å². The highest BCUT2D eigenvalue weighted by atomic mass is 16.5. The van der Waals surface area contributed by atoms with Crippen molar-refractivity contribution in [3.63, 3.8) is 0 Å². The Bertz CT molecular complexity index is 691. The highest BCUT2D eigenvalue weighted by Gasteiger charge is 2.11. The first-order chi connectivity index (χ1) is 10.1. The highest BCUT2D eigenvalue weighted by Crippen LogP contribution is 2.17. The van der Waals surface area contributed by atoms with Gasteiger partial charge in [-0.2, -0.15) is 0 Å². The molecule has 106 valence electrons. The van der Waals surface area contributed by atoms with Crippen molar-refractivity contribution in [3.8, 4) is 11.5 Å². The van der Waals surface area contributed by atoms with Gasteiger partial charge in [0, 0.05) is 5.56 Å². The normalized spacial score (nSPS) is 9.76. The van der Waals surface area contributed by atoms with Gasteiger partial charge < -0.3 is 9.47 Å². The van der Waals surface area contributed by atoms with Crippen molar-refractivity contribution in [1.82, 2.24) is 0 Å². The first-order valence-electron chi connectivity index (χ1n) is 6.10. The van der Waals surface area contributed by atoms with Crippen LogP contribution >= 0.6 is 0 Å². The van der Waals surface area contributed by atoms with Crippen molar-refractivity contribution in [1.29, 1.82) is 0 Å². The Balaban J connectivity index is 2.19. The summed E-state index contributed by atoms with van der Waals surface area (Å²) in [6, 6.07) is 12.4. The number of ketones is 1. The number of benzene rings is 2. The maximum Gasteiger partial charge on any atom is 0.343 e. The van der Waals surface area contributed by atoms with E-state index in [1.165, 1.54) is 31.4 Å². The largest absolute Gasteiger partial charge is 0.497 e. The number of rotatable bonds is 5. The minimum absolute atomic E-state index is 0.168. The average molecular weight is 284 g/mol. The summed E-state index contributed by atoms with van der Waals surface area (Å²) in [5.41, 5.74) is 0.488. The molecule has 0 unspecified atom stereocenters. The van der Waals surface area contributed by atoms with Crippen LogP contribution in [0.25, 0.3) is 0 Å². The number of aldehydes is 1. The van der Waals surface area contributed by atoms with Crippen LogP contribution in [0.4, 0.5) is 0 Å². The smallest absolute Gasteiger partial charge is 0.343 e. The van der Waals surface area contributed by atoms with Crippen LogP contribution in [-0.4, -0.2) is 25.1 Å². The molecule has 2 aromatic carbocycles. The summed E-state index contributed by atoms with van der Waals surface area (Å²) in [5, 5.41) is 0. The van der Waals surface area contributed by atoms with E-state index in [2.05, 4.69) is 0 Å². The van der Waals surface area contributed by atoms with Crippen LogP contribution in [0, 0.1) is 0 Å².